The lowest BCUT2D eigenvalue weighted by Crippen LogP contribution is -2.21. The van der Waals surface area contributed by atoms with Crippen LogP contribution in [-0.4, -0.2) is 24.5 Å². The van der Waals surface area contributed by atoms with Crippen LogP contribution in [0.3, 0.4) is 0 Å². The molecule has 0 aromatic heterocycles. The monoisotopic (exact) mass is 369 g/mol. The predicted molar refractivity (Wildman–Crippen MR) is 109 cm³/mol. The first-order valence-electron chi connectivity index (χ1n) is 9.16. The van der Waals surface area contributed by atoms with Crippen LogP contribution in [-0.2, 0) is 9.59 Å². The Balaban J connectivity index is 1.78. The standard InChI is InChI=1S/C21H27N3O3/c1-4-5-20(25)23-17-8-6-16(7-9-17)22-14-21(26)24-18-10-12-19(13-11-18)27-15(2)3/h6-13,15,22H,4-5,14H2,1-3H3,(H,23,25)(H,24,26). The van der Waals surface area contributed by atoms with Gasteiger partial charge in [0.15, 0.2) is 0 Å². The molecule has 144 valence electrons. The first-order valence-corrected chi connectivity index (χ1v) is 9.16. The van der Waals surface area contributed by atoms with Crippen molar-refractivity contribution in [2.24, 2.45) is 0 Å². The van der Waals surface area contributed by atoms with E-state index in [9.17, 15) is 9.59 Å². The summed E-state index contributed by atoms with van der Waals surface area (Å²) in [4.78, 5) is 23.6. The zero-order valence-corrected chi connectivity index (χ0v) is 16.0. The molecule has 0 bridgehead atoms. The average Bonchev–Trinajstić information content (AvgIpc) is 2.62. The van der Waals surface area contributed by atoms with E-state index in [2.05, 4.69) is 16.0 Å². The summed E-state index contributed by atoms with van der Waals surface area (Å²) in [7, 11) is 0. The summed E-state index contributed by atoms with van der Waals surface area (Å²) in [5.74, 6) is 0.627. The van der Waals surface area contributed by atoms with Crippen molar-refractivity contribution in [3.05, 3.63) is 48.5 Å². The van der Waals surface area contributed by atoms with Crippen LogP contribution < -0.4 is 20.7 Å². The van der Waals surface area contributed by atoms with Crippen LogP contribution in [0.1, 0.15) is 33.6 Å². The quantitative estimate of drug-likeness (QED) is 0.617. The Morgan fingerprint density at radius 2 is 1.37 bits per heavy atom. The van der Waals surface area contributed by atoms with E-state index >= 15 is 0 Å². The van der Waals surface area contributed by atoms with Crippen molar-refractivity contribution < 1.29 is 14.3 Å². The Morgan fingerprint density at radius 1 is 0.852 bits per heavy atom. The van der Waals surface area contributed by atoms with Gasteiger partial charge < -0.3 is 20.7 Å². The fourth-order valence-electron chi connectivity index (χ4n) is 2.40. The van der Waals surface area contributed by atoms with E-state index in [1.54, 1.807) is 12.1 Å². The van der Waals surface area contributed by atoms with Crippen LogP contribution in [0.2, 0.25) is 0 Å². The molecule has 0 aliphatic rings. The SMILES string of the molecule is CCCC(=O)Nc1ccc(NCC(=O)Nc2ccc(OC(C)C)cc2)cc1. The van der Waals surface area contributed by atoms with Gasteiger partial charge in [-0.05, 0) is 68.8 Å². The van der Waals surface area contributed by atoms with Gasteiger partial charge >= 0.3 is 0 Å². The molecule has 2 aromatic rings. The third-order valence-corrected chi connectivity index (χ3v) is 3.61. The summed E-state index contributed by atoms with van der Waals surface area (Å²) in [5.41, 5.74) is 2.26. The highest BCUT2D eigenvalue weighted by atomic mass is 16.5. The second-order valence-electron chi connectivity index (χ2n) is 6.47. The second-order valence-corrected chi connectivity index (χ2v) is 6.47. The number of carbonyl (C=O) groups is 2. The molecule has 0 radical (unpaired) electrons. The van der Waals surface area contributed by atoms with E-state index in [0.29, 0.717) is 12.1 Å². The van der Waals surface area contributed by atoms with E-state index in [-0.39, 0.29) is 24.5 Å². The lowest BCUT2D eigenvalue weighted by atomic mass is 10.2. The molecule has 2 amide bonds. The van der Waals surface area contributed by atoms with Crippen LogP contribution in [0.25, 0.3) is 0 Å². The van der Waals surface area contributed by atoms with Gasteiger partial charge in [-0.2, -0.15) is 0 Å². The minimum absolute atomic E-state index is 0.00222. The second kappa shape index (κ2) is 10.2. The third kappa shape index (κ3) is 7.40. The molecular formula is C21H27N3O3. The summed E-state index contributed by atoms with van der Waals surface area (Å²) in [6.45, 7) is 6.04. The fourth-order valence-corrected chi connectivity index (χ4v) is 2.40. The highest BCUT2D eigenvalue weighted by Crippen LogP contribution is 2.17. The van der Waals surface area contributed by atoms with Gasteiger partial charge in [0.25, 0.3) is 0 Å². The number of amides is 2. The van der Waals surface area contributed by atoms with Gasteiger partial charge in [-0.1, -0.05) is 6.92 Å². The largest absolute Gasteiger partial charge is 0.491 e. The molecule has 0 spiro atoms. The molecule has 0 fully saturated rings. The summed E-state index contributed by atoms with van der Waals surface area (Å²) in [5, 5.41) is 8.72. The van der Waals surface area contributed by atoms with E-state index < -0.39 is 0 Å². The molecule has 2 aromatic carbocycles. The zero-order chi connectivity index (χ0) is 19.6. The maximum absolute atomic E-state index is 12.1. The van der Waals surface area contributed by atoms with E-state index in [1.165, 1.54) is 0 Å². The van der Waals surface area contributed by atoms with Crippen molar-refractivity contribution in [3.8, 4) is 5.75 Å². The maximum Gasteiger partial charge on any atom is 0.243 e. The normalized spacial score (nSPS) is 10.4. The molecule has 0 atom stereocenters. The fraction of sp³-hybridized carbons (Fsp3) is 0.333. The van der Waals surface area contributed by atoms with E-state index in [4.69, 9.17) is 4.74 Å². The summed E-state index contributed by atoms with van der Waals surface area (Å²) < 4.78 is 5.58. The third-order valence-electron chi connectivity index (χ3n) is 3.61. The minimum atomic E-state index is -0.146. The lowest BCUT2D eigenvalue weighted by molar-refractivity contribution is -0.116. The molecule has 2 rings (SSSR count). The topological polar surface area (TPSA) is 79.5 Å². The van der Waals surface area contributed by atoms with Crippen LogP contribution in [0, 0.1) is 0 Å². The molecular weight excluding hydrogens is 342 g/mol. The number of hydrogen-bond donors (Lipinski definition) is 3. The van der Waals surface area contributed by atoms with Crippen LogP contribution in [0.5, 0.6) is 5.75 Å². The highest BCUT2D eigenvalue weighted by molar-refractivity contribution is 5.94. The molecule has 27 heavy (non-hydrogen) atoms. The van der Waals surface area contributed by atoms with Gasteiger partial charge in [-0.25, -0.2) is 0 Å². The Hall–Kier alpha value is -3.02. The lowest BCUT2D eigenvalue weighted by Gasteiger charge is -2.11. The molecule has 0 saturated carbocycles. The summed E-state index contributed by atoms with van der Waals surface area (Å²) >= 11 is 0. The minimum Gasteiger partial charge on any atom is -0.491 e. The van der Waals surface area contributed by atoms with E-state index in [1.807, 2.05) is 57.2 Å². The van der Waals surface area contributed by atoms with Gasteiger partial charge in [0.1, 0.15) is 5.75 Å². The van der Waals surface area contributed by atoms with Gasteiger partial charge in [-0.3, -0.25) is 9.59 Å². The Morgan fingerprint density at radius 3 is 1.93 bits per heavy atom. The number of rotatable bonds is 9. The number of anilines is 3. The van der Waals surface area contributed by atoms with Gasteiger partial charge in [-0.15, -0.1) is 0 Å². The van der Waals surface area contributed by atoms with Crippen molar-refractivity contribution in [3.63, 3.8) is 0 Å². The van der Waals surface area contributed by atoms with Gasteiger partial charge in [0.2, 0.25) is 11.8 Å². The maximum atomic E-state index is 12.1. The number of ether oxygens (including phenoxy) is 1. The van der Waals surface area contributed by atoms with E-state index in [0.717, 1.165) is 23.5 Å². The van der Waals surface area contributed by atoms with Gasteiger partial charge in [0.05, 0.1) is 12.6 Å². The first-order chi connectivity index (χ1) is 13.0. The zero-order valence-electron chi connectivity index (χ0n) is 16.0. The number of carbonyl (C=O) groups excluding carboxylic acids is 2. The van der Waals surface area contributed by atoms with Crippen molar-refractivity contribution in [2.45, 2.75) is 39.7 Å². The molecule has 0 aliphatic carbocycles. The van der Waals surface area contributed by atoms with Crippen LogP contribution in [0.15, 0.2) is 48.5 Å². The Kier molecular flexibility index (Phi) is 7.67. The number of benzene rings is 2. The molecule has 3 N–H and O–H groups in total. The van der Waals surface area contributed by atoms with Crippen molar-refractivity contribution in [1.29, 1.82) is 0 Å². The molecule has 0 heterocycles. The van der Waals surface area contributed by atoms with Crippen molar-refractivity contribution >= 4 is 28.9 Å². The number of nitrogens with one attached hydrogen (secondary N) is 3. The Labute approximate surface area is 160 Å². The predicted octanol–water partition coefficient (Wildman–Crippen LogP) is 4.26. The van der Waals surface area contributed by atoms with Crippen LogP contribution >= 0.6 is 0 Å². The van der Waals surface area contributed by atoms with Crippen molar-refractivity contribution in [2.75, 3.05) is 22.5 Å². The molecule has 6 heteroatoms. The highest BCUT2D eigenvalue weighted by Gasteiger charge is 2.05. The Bertz CT molecular complexity index is 740. The van der Waals surface area contributed by atoms with Gasteiger partial charge in [0, 0.05) is 23.5 Å². The molecule has 0 unspecified atom stereocenters. The average molecular weight is 369 g/mol. The molecule has 0 aliphatic heterocycles. The first kappa shape index (κ1) is 20.3. The summed E-state index contributed by atoms with van der Waals surface area (Å²) in [6.07, 6.45) is 1.43. The van der Waals surface area contributed by atoms with Crippen molar-refractivity contribution in [1.82, 2.24) is 0 Å². The molecule has 0 saturated heterocycles. The smallest absolute Gasteiger partial charge is 0.243 e. The summed E-state index contributed by atoms with van der Waals surface area (Å²) in [6, 6.07) is 14.5. The van der Waals surface area contributed by atoms with Crippen LogP contribution in [0.4, 0.5) is 17.1 Å². The number of hydrogen-bond acceptors (Lipinski definition) is 4. The molecule has 6 nitrogen and oxygen atoms in total.